The zero-order chi connectivity index (χ0) is 18.9. The molecule has 0 aromatic heterocycles. The Morgan fingerprint density at radius 2 is 1.50 bits per heavy atom. The molecule has 2 rings (SSSR count). The minimum Gasteiger partial charge on any atom is -0.350 e. The van der Waals surface area contributed by atoms with Crippen LogP contribution in [0.2, 0.25) is 0 Å². The van der Waals surface area contributed by atoms with Gasteiger partial charge in [-0.3, -0.25) is 9.59 Å². The van der Waals surface area contributed by atoms with E-state index in [1.807, 2.05) is 19.1 Å². The first-order valence-corrected chi connectivity index (χ1v) is 8.16. The van der Waals surface area contributed by atoms with E-state index in [2.05, 4.69) is 10.6 Å². The Kier molecular flexibility index (Phi) is 6.47. The summed E-state index contributed by atoms with van der Waals surface area (Å²) in [7, 11) is 0. The van der Waals surface area contributed by atoms with Crippen LogP contribution >= 0.6 is 0 Å². The van der Waals surface area contributed by atoms with Gasteiger partial charge in [0.25, 0.3) is 11.8 Å². The zero-order valence-electron chi connectivity index (χ0n) is 14.3. The summed E-state index contributed by atoms with van der Waals surface area (Å²) in [6.45, 7) is 2.16. The maximum absolute atomic E-state index is 12.3. The Morgan fingerprint density at radius 1 is 0.962 bits per heavy atom. The van der Waals surface area contributed by atoms with Crippen LogP contribution in [0, 0.1) is 22.7 Å². The molecule has 0 radical (unpaired) electrons. The average Bonchev–Trinajstić information content (AvgIpc) is 2.70. The lowest BCUT2D eigenvalue weighted by Crippen LogP contribution is -2.43. The van der Waals surface area contributed by atoms with Crippen LogP contribution < -0.4 is 10.6 Å². The van der Waals surface area contributed by atoms with E-state index in [1.54, 1.807) is 36.4 Å². The van der Waals surface area contributed by atoms with Gasteiger partial charge in [-0.25, -0.2) is 0 Å². The summed E-state index contributed by atoms with van der Waals surface area (Å²) in [4.78, 5) is 24.5. The molecule has 0 fully saturated rings. The van der Waals surface area contributed by atoms with Crippen LogP contribution in [-0.2, 0) is 0 Å². The Bertz CT molecular complexity index is 893. The van der Waals surface area contributed by atoms with Crippen LogP contribution in [0.25, 0.3) is 0 Å². The number of nitrogens with zero attached hydrogens (tertiary/aromatic N) is 2. The molecule has 6 heteroatoms. The van der Waals surface area contributed by atoms with Crippen molar-refractivity contribution in [3.05, 3.63) is 70.8 Å². The molecule has 0 bridgehead atoms. The largest absolute Gasteiger partial charge is 0.350 e. The van der Waals surface area contributed by atoms with Crippen molar-refractivity contribution in [2.24, 2.45) is 0 Å². The van der Waals surface area contributed by atoms with Crippen LogP contribution in [0.3, 0.4) is 0 Å². The van der Waals surface area contributed by atoms with Gasteiger partial charge in [-0.1, -0.05) is 19.1 Å². The van der Waals surface area contributed by atoms with Gasteiger partial charge in [0, 0.05) is 23.7 Å². The van der Waals surface area contributed by atoms with E-state index in [0.717, 1.165) is 0 Å². The number of benzene rings is 2. The second-order valence-electron chi connectivity index (χ2n) is 5.67. The second-order valence-corrected chi connectivity index (χ2v) is 5.67. The molecule has 2 amide bonds. The van der Waals surface area contributed by atoms with E-state index in [1.165, 1.54) is 12.1 Å². The number of nitrogens with one attached hydrogen (secondary N) is 2. The lowest BCUT2D eigenvalue weighted by molar-refractivity contribution is 0.0907. The van der Waals surface area contributed by atoms with Gasteiger partial charge in [0.05, 0.1) is 23.3 Å². The highest BCUT2D eigenvalue weighted by Gasteiger charge is 2.14. The van der Waals surface area contributed by atoms with Crippen molar-refractivity contribution < 1.29 is 9.59 Å². The fourth-order valence-electron chi connectivity index (χ4n) is 2.34. The third-order valence-corrected chi connectivity index (χ3v) is 3.84. The Morgan fingerprint density at radius 3 is 2.00 bits per heavy atom. The molecule has 0 aliphatic rings. The van der Waals surface area contributed by atoms with Crippen molar-refractivity contribution >= 4 is 11.8 Å². The van der Waals surface area contributed by atoms with Crippen LogP contribution in [0.5, 0.6) is 0 Å². The van der Waals surface area contributed by atoms with Gasteiger partial charge in [0.15, 0.2) is 0 Å². The highest BCUT2D eigenvalue weighted by Crippen LogP contribution is 2.06. The summed E-state index contributed by atoms with van der Waals surface area (Å²) < 4.78 is 0. The molecule has 0 aliphatic heterocycles. The van der Waals surface area contributed by atoms with E-state index in [9.17, 15) is 9.59 Å². The van der Waals surface area contributed by atoms with Crippen molar-refractivity contribution in [1.29, 1.82) is 10.5 Å². The topological polar surface area (TPSA) is 106 Å². The molecule has 0 saturated carbocycles. The number of hydrogen-bond acceptors (Lipinski definition) is 4. The van der Waals surface area contributed by atoms with Crippen molar-refractivity contribution in [2.75, 3.05) is 6.54 Å². The van der Waals surface area contributed by atoms with Gasteiger partial charge >= 0.3 is 0 Å². The van der Waals surface area contributed by atoms with E-state index in [0.29, 0.717) is 28.7 Å². The van der Waals surface area contributed by atoms with Crippen LogP contribution in [0.15, 0.2) is 48.5 Å². The first kappa shape index (κ1) is 18.7. The maximum Gasteiger partial charge on any atom is 0.251 e. The summed E-state index contributed by atoms with van der Waals surface area (Å²) >= 11 is 0. The third-order valence-electron chi connectivity index (χ3n) is 3.84. The number of hydrogen-bond donors (Lipinski definition) is 2. The quantitative estimate of drug-likeness (QED) is 0.837. The lowest BCUT2D eigenvalue weighted by atomic mass is 10.1. The summed E-state index contributed by atoms with van der Waals surface area (Å²) in [6.07, 6.45) is 0.627. The maximum atomic E-state index is 12.3. The number of carbonyl (C=O) groups excluding carboxylic acids is 2. The van der Waals surface area contributed by atoms with E-state index in [4.69, 9.17) is 10.5 Å². The monoisotopic (exact) mass is 346 g/mol. The number of rotatable bonds is 6. The Balaban J connectivity index is 1.96. The molecule has 6 nitrogen and oxygen atoms in total. The standard InChI is InChI=1S/C20H18N4O2/c1-2-18(24-20(26)17-8-4-6-15(10-17)12-22)13-23-19(25)16-7-3-5-14(9-16)11-21/h3-10,18H,2,13H2,1H3,(H,23,25)(H,24,26)/t18-/m0/s1. The zero-order valence-corrected chi connectivity index (χ0v) is 14.3. The molecule has 2 N–H and O–H groups in total. The number of amides is 2. The van der Waals surface area contributed by atoms with Gasteiger partial charge in [0.1, 0.15) is 0 Å². The molecule has 0 spiro atoms. The fraction of sp³-hybridized carbons (Fsp3) is 0.200. The normalized spacial score (nSPS) is 10.9. The molecule has 1 atom stereocenters. The molecule has 2 aromatic carbocycles. The minimum atomic E-state index is -0.304. The predicted octanol–water partition coefficient (Wildman–Crippen LogP) is 2.37. The van der Waals surface area contributed by atoms with E-state index in [-0.39, 0.29) is 24.4 Å². The van der Waals surface area contributed by atoms with Gasteiger partial charge in [0.2, 0.25) is 0 Å². The molecule has 0 aliphatic carbocycles. The van der Waals surface area contributed by atoms with Gasteiger partial charge in [-0.2, -0.15) is 10.5 Å². The molecule has 26 heavy (non-hydrogen) atoms. The molecule has 2 aromatic rings. The van der Waals surface area contributed by atoms with Crippen molar-refractivity contribution in [2.45, 2.75) is 19.4 Å². The predicted molar refractivity (Wildman–Crippen MR) is 96.2 cm³/mol. The van der Waals surface area contributed by atoms with Crippen molar-refractivity contribution in [3.8, 4) is 12.1 Å². The molecule has 130 valence electrons. The summed E-state index contributed by atoms with van der Waals surface area (Å²) in [5, 5.41) is 23.4. The van der Waals surface area contributed by atoms with Crippen LogP contribution in [0.4, 0.5) is 0 Å². The SMILES string of the molecule is CC[C@@H](CNC(=O)c1cccc(C#N)c1)NC(=O)c1cccc(C#N)c1. The average molecular weight is 346 g/mol. The highest BCUT2D eigenvalue weighted by molar-refractivity contribution is 5.95. The lowest BCUT2D eigenvalue weighted by Gasteiger charge is -2.18. The second kappa shape index (κ2) is 9.00. The summed E-state index contributed by atoms with van der Waals surface area (Å²) in [5.74, 6) is -0.601. The number of nitriles is 2. The van der Waals surface area contributed by atoms with Crippen molar-refractivity contribution in [1.82, 2.24) is 10.6 Å². The minimum absolute atomic E-state index is 0.253. The number of carbonyl (C=O) groups is 2. The molecular formula is C20H18N4O2. The molecule has 0 unspecified atom stereocenters. The highest BCUT2D eigenvalue weighted by atomic mass is 16.2. The third kappa shape index (κ3) is 4.93. The van der Waals surface area contributed by atoms with E-state index < -0.39 is 0 Å². The van der Waals surface area contributed by atoms with Crippen molar-refractivity contribution in [3.63, 3.8) is 0 Å². The van der Waals surface area contributed by atoms with E-state index >= 15 is 0 Å². The van der Waals surface area contributed by atoms with Gasteiger partial charge in [-0.15, -0.1) is 0 Å². The van der Waals surface area contributed by atoms with Crippen LogP contribution in [-0.4, -0.2) is 24.4 Å². The summed E-state index contributed by atoms with van der Waals surface area (Å²) in [6, 6.07) is 16.6. The first-order valence-electron chi connectivity index (χ1n) is 8.16. The van der Waals surface area contributed by atoms with Gasteiger partial charge < -0.3 is 10.6 Å². The summed E-state index contributed by atoms with van der Waals surface area (Å²) in [5.41, 5.74) is 1.62. The first-order chi connectivity index (χ1) is 12.6. The Labute approximate surface area is 152 Å². The van der Waals surface area contributed by atoms with Crippen LogP contribution in [0.1, 0.15) is 45.2 Å². The van der Waals surface area contributed by atoms with Gasteiger partial charge in [-0.05, 0) is 42.8 Å². The molecular weight excluding hydrogens is 328 g/mol. The Hall–Kier alpha value is -3.64. The fourth-order valence-corrected chi connectivity index (χ4v) is 2.34. The molecule has 0 heterocycles. The molecule has 0 saturated heterocycles. The smallest absolute Gasteiger partial charge is 0.251 e.